The standard InChI is InChI=1S/C13H16O2/c1-9-3-4-11-10(5-9)6-13(2)7-14-8-15-12(11)13/h3-5,12H,6-8H2,1-2H3. The lowest BCUT2D eigenvalue weighted by Crippen LogP contribution is -2.35. The van der Waals surface area contributed by atoms with Crippen molar-refractivity contribution < 1.29 is 9.47 Å². The lowest BCUT2D eigenvalue weighted by molar-refractivity contribution is -0.200. The first-order valence-corrected chi connectivity index (χ1v) is 5.48. The fourth-order valence-corrected chi connectivity index (χ4v) is 2.86. The molecule has 3 rings (SSSR count). The average molecular weight is 204 g/mol. The minimum absolute atomic E-state index is 0.147. The van der Waals surface area contributed by atoms with Crippen molar-refractivity contribution in [3.05, 3.63) is 34.9 Å². The maximum Gasteiger partial charge on any atom is 0.147 e. The van der Waals surface area contributed by atoms with Gasteiger partial charge in [0.25, 0.3) is 0 Å². The highest BCUT2D eigenvalue weighted by Gasteiger charge is 2.45. The molecule has 15 heavy (non-hydrogen) atoms. The Labute approximate surface area is 90.2 Å². The summed E-state index contributed by atoms with van der Waals surface area (Å²) in [4.78, 5) is 0. The van der Waals surface area contributed by atoms with Crippen LogP contribution in [0.15, 0.2) is 18.2 Å². The van der Waals surface area contributed by atoms with Gasteiger partial charge in [0.2, 0.25) is 0 Å². The van der Waals surface area contributed by atoms with Crippen molar-refractivity contribution in [2.24, 2.45) is 5.41 Å². The molecule has 0 N–H and O–H groups in total. The van der Waals surface area contributed by atoms with Gasteiger partial charge in [0.05, 0.1) is 12.7 Å². The first-order chi connectivity index (χ1) is 7.19. The van der Waals surface area contributed by atoms with Gasteiger partial charge in [0.15, 0.2) is 0 Å². The van der Waals surface area contributed by atoms with Crippen molar-refractivity contribution >= 4 is 0 Å². The Morgan fingerprint density at radius 2 is 2.27 bits per heavy atom. The fraction of sp³-hybridized carbons (Fsp3) is 0.538. The van der Waals surface area contributed by atoms with Crippen LogP contribution >= 0.6 is 0 Å². The molecule has 2 atom stereocenters. The molecule has 1 aliphatic carbocycles. The molecule has 1 heterocycles. The van der Waals surface area contributed by atoms with E-state index in [4.69, 9.17) is 9.47 Å². The summed E-state index contributed by atoms with van der Waals surface area (Å²) in [5, 5.41) is 0. The summed E-state index contributed by atoms with van der Waals surface area (Å²) in [6.07, 6.45) is 1.32. The van der Waals surface area contributed by atoms with Crippen LogP contribution in [-0.4, -0.2) is 13.4 Å². The molecule has 2 unspecified atom stereocenters. The van der Waals surface area contributed by atoms with Crippen molar-refractivity contribution in [1.29, 1.82) is 0 Å². The molecule has 0 aromatic heterocycles. The van der Waals surface area contributed by atoms with Crippen molar-refractivity contribution in [2.75, 3.05) is 13.4 Å². The van der Waals surface area contributed by atoms with Crippen LogP contribution in [0, 0.1) is 12.3 Å². The summed E-state index contributed by atoms with van der Waals surface area (Å²) in [5.41, 5.74) is 4.28. The Hall–Kier alpha value is -0.860. The molecule has 1 aromatic carbocycles. The van der Waals surface area contributed by atoms with E-state index in [1.165, 1.54) is 16.7 Å². The van der Waals surface area contributed by atoms with Crippen molar-refractivity contribution in [3.8, 4) is 0 Å². The lowest BCUT2D eigenvalue weighted by atomic mass is 9.85. The molecule has 0 radical (unpaired) electrons. The van der Waals surface area contributed by atoms with Gasteiger partial charge in [0.1, 0.15) is 6.79 Å². The second-order valence-electron chi connectivity index (χ2n) is 5.05. The van der Waals surface area contributed by atoms with Crippen LogP contribution in [-0.2, 0) is 15.9 Å². The first kappa shape index (κ1) is 9.37. The van der Waals surface area contributed by atoms with E-state index in [-0.39, 0.29) is 11.5 Å². The molecule has 2 aliphatic rings. The second-order valence-corrected chi connectivity index (χ2v) is 5.05. The SMILES string of the molecule is Cc1ccc2c(c1)CC1(C)COCOC21. The Morgan fingerprint density at radius 3 is 3.13 bits per heavy atom. The summed E-state index contributed by atoms with van der Waals surface area (Å²) in [6.45, 7) is 5.65. The molecule has 1 saturated heterocycles. The van der Waals surface area contributed by atoms with E-state index in [1.54, 1.807) is 0 Å². The molecule has 0 amide bonds. The van der Waals surface area contributed by atoms with Gasteiger partial charge in [-0.05, 0) is 24.5 Å². The largest absolute Gasteiger partial charge is 0.355 e. The van der Waals surface area contributed by atoms with E-state index in [1.807, 2.05) is 0 Å². The van der Waals surface area contributed by atoms with Crippen LogP contribution in [0.1, 0.15) is 29.7 Å². The molecule has 80 valence electrons. The Morgan fingerprint density at radius 1 is 1.40 bits per heavy atom. The zero-order chi connectivity index (χ0) is 10.5. The summed E-state index contributed by atoms with van der Waals surface area (Å²) in [5.74, 6) is 0. The molecule has 1 aliphatic heterocycles. The maximum absolute atomic E-state index is 5.75. The predicted octanol–water partition coefficient (Wildman–Crippen LogP) is 2.60. The number of ether oxygens (including phenoxy) is 2. The van der Waals surface area contributed by atoms with Crippen LogP contribution < -0.4 is 0 Å². The molecule has 1 aromatic rings. The van der Waals surface area contributed by atoms with Crippen LogP contribution in [0.25, 0.3) is 0 Å². The molecular weight excluding hydrogens is 188 g/mol. The summed E-state index contributed by atoms with van der Waals surface area (Å²) >= 11 is 0. The zero-order valence-electron chi connectivity index (χ0n) is 9.25. The Balaban J connectivity index is 2.07. The first-order valence-electron chi connectivity index (χ1n) is 5.48. The van der Waals surface area contributed by atoms with Gasteiger partial charge in [0, 0.05) is 5.41 Å². The van der Waals surface area contributed by atoms with E-state index >= 15 is 0 Å². The fourth-order valence-electron chi connectivity index (χ4n) is 2.86. The van der Waals surface area contributed by atoms with E-state index in [9.17, 15) is 0 Å². The van der Waals surface area contributed by atoms with E-state index in [0.717, 1.165) is 13.0 Å². The summed E-state index contributed by atoms with van der Waals surface area (Å²) < 4.78 is 11.2. The third-order valence-electron chi connectivity index (χ3n) is 3.56. The molecule has 0 saturated carbocycles. The third-order valence-corrected chi connectivity index (χ3v) is 3.56. The van der Waals surface area contributed by atoms with E-state index in [2.05, 4.69) is 32.0 Å². The molecular formula is C13H16O2. The summed E-state index contributed by atoms with van der Waals surface area (Å²) in [7, 11) is 0. The van der Waals surface area contributed by atoms with Gasteiger partial charge < -0.3 is 9.47 Å². The number of benzene rings is 1. The van der Waals surface area contributed by atoms with Crippen LogP contribution in [0.5, 0.6) is 0 Å². The number of rotatable bonds is 0. The third kappa shape index (κ3) is 1.32. The van der Waals surface area contributed by atoms with E-state index < -0.39 is 0 Å². The highest BCUT2D eigenvalue weighted by Crippen LogP contribution is 2.49. The average Bonchev–Trinajstić information content (AvgIpc) is 2.48. The van der Waals surface area contributed by atoms with Gasteiger partial charge in [-0.25, -0.2) is 0 Å². The number of aryl methyl sites for hydroxylation is 1. The van der Waals surface area contributed by atoms with Crippen molar-refractivity contribution in [3.63, 3.8) is 0 Å². The molecule has 2 nitrogen and oxygen atoms in total. The van der Waals surface area contributed by atoms with Crippen molar-refractivity contribution in [2.45, 2.75) is 26.4 Å². The highest BCUT2D eigenvalue weighted by atomic mass is 16.7. The normalized spacial score (nSPS) is 33.6. The smallest absolute Gasteiger partial charge is 0.147 e. The van der Waals surface area contributed by atoms with Gasteiger partial charge in [-0.15, -0.1) is 0 Å². The van der Waals surface area contributed by atoms with Crippen LogP contribution in [0.4, 0.5) is 0 Å². The van der Waals surface area contributed by atoms with Gasteiger partial charge in [-0.2, -0.15) is 0 Å². The summed E-state index contributed by atoms with van der Waals surface area (Å²) in [6, 6.07) is 6.66. The minimum atomic E-state index is 0.147. The maximum atomic E-state index is 5.75. The monoisotopic (exact) mass is 204 g/mol. The Bertz CT molecular complexity index is 400. The zero-order valence-corrected chi connectivity index (χ0v) is 9.25. The Kier molecular flexibility index (Phi) is 1.91. The number of hydrogen-bond acceptors (Lipinski definition) is 2. The van der Waals surface area contributed by atoms with Crippen LogP contribution in [0.3, 0.4) is 0 Å². The highest BCUT2D eigenvalue weighted by molar-refractivity contribution is 5.39. The molecule has 2 heteroatoms. The van der Waals surface area contributed by atoms with Crippen LogP contribution in [0.2, 0.25) is 0 Å². The quantitative estimate of drug-likeness (QED) is 0.646. The van der Waals surface area contributed by atoms with Crippen molar-refractivity contribution in [1.82, 2.24) is 0 Å². The van der Waals surface area contributed by atoms with Gasteiger partial charge >= 0.3 is 0 Å². The van der Waals surface area contributed by atoms with Gasteiger partial charge in [-0.3, -0.25) is 0 Å². The van der Waals surface area contributed by atoms with Gasteiger partial charge in [-0.1, -0.05) is 30.7 Å². The number of fused-ring (bicyclic) bond motifs is 3. The second kappa shape index (κ2) is 3.06. The lowest BCUT2D eigenvalue weighted by Gasteiger charge is -2.35. The topological polar surface area (TPSA) is 18.5 Å². The molecule has 1 fully saturated rings. The number of hydrogen-bond donors (Lipinski definition) is 0. The minimum Gasteiger partial charge on any atom is -0.355 e. The molecule has 0 bridgehead atoms. The predicted molar refractivity (Wildman–Crippen MR) is 57.6 cm³/mol. The van der Waals surface area contributed by atoms with E-state index in [0.29, 0.717) is 6.79 Å². The molecule has 0 spiro atoms.